The molecule has 0 aromatic carbocycles. The lowest BCUT2D eigenvalue weighted by Gasteiger charge is -1.89. The number of hydrogen-bond acceptors (Lipinski definition) is 1. The van der Waals surface area contributed by atoms with Gasteiger partial charge in [-0.3, -0.25) is 0 Å². The summed E-state index contributed by atoms with van der Waals surface area (Å²) in [5.74, 6) is 0. The van der Waals surface area contributed by atoms with Crippen LogP contribution in [-0.4, -0.2) is 0 Å². The first-order chi connectivity index (χ1) is 7.85. The highest BCUT2D eigenvalue weighted by Crippen LogP contribution is 2.00. The van der Waals surface area contributed by atoms with Gasteiger partial charge in [-0.25, -0.2) is 0 Å². The summed E-state index contributed by atoms with van der Waals surface area (Å²) in [6.07, 6.45) is 19.7. The summed E-state index contributed by atoms with van der Waals surface area (Å²) in [4.78, 5) is 0. The molecule has 0 bridgehead atoms. The number of nitrogens with zero attached hydrogens (tertiary/aromatic N) is 1. The Balaban J connectivity index is 4.62. The molecule has 1 nitrogen and oxygen atoms in total. The molecule has 0 atom stereocenters. The van der Waals surface area contributed by atoms with Crippen molar-refractivity contribution in [2.75, 3.05) is 0 Å². The van der Waals surface area contributed by atoms with Gasteiger partial charge in [0.15, 0.2) is 0 Å². The quantitative estimate of drug-likeness (QED) is 0.478. The number of hydrogen-bond donors (Lipinski definition) is 0. The van der Waals surface area contributed by atoms with Gasteiger partial charge < -0.3 is 0 Å². The molecule has 0 aromatic heterocycles. The van der Waals surface area contributed by atoms with E-state index in [9.17, 15) is 0 Å². The maximum Gasteiger partial charge on any atom is 0.0912 e. The lowest BCUT2D eigenvalue weighted by atomic mass is 10.2. The van der Waals surface area contributed by atoms with Gasteiger partial charge >= 0.3 is 0 Å². The van der Waals surface area contributed by atoms with Crippen molar-refractivity contribution < 1.29 is 0 Å². The van der Waals surface area contributed by atoms with Crippen molar-refractivity contribution in [1.29, 1.82) is 5.26 Å². The first kappa shape index (κ1) is 13.7. The molecule has 0 radical (unpaired) electrons. The third-order valence-electron chi connectivity index (χ3n) is 1.53. The predicted molar refractivity (Wildman–Crippen MR) is 70.7 cm³/mol. The van der Waals surface area contributed by atoms with Crippen LogP contribution in [0.4, 0.5) is 0 Å². The molecule has 0 amide bonds. The molecule has 0 aliphatic carbocycles. The Morgan fingerprint density at radius 2 is 1.50 bits per heavy atom. The first-order valence-corrected chi connectivity index (χ1v) is 4.86. The normalized spacial score (nSPS) is 11.2. The largest absolute Gasteiger partial charge is 0.193 e. The van der Waals surface area contributed by atoms with Crippen molar-refractivity contribution in [2.45, 2.75) is 0 Å². The van der Waals surface area contributed by atoms with Gasteiger partial charge in [0.25, 0.3) is 0 Å². The third kappa shape index (κ3) is 8.28. The van der Waals surface area contributed by atoms with Crippen LogP contribution in [0.3, 0.4) is 0 Å². The summed E-state index contributed by atoms with van der Waals surface area (Å²) >= 11 is 0. The molecule has 0 rings (SSSR count). The molecular formula is C15H15N. The van der Waals surface area contributed by atoms with Crippen molar-refractivity contribution in [3.05, 3.63) is 85.6 Å². The second kappa shape index (κ2) is 10.7. The Kier molecular flexibility index (Phi) is 9.18. The van der Waals surface area contributed by atoms with Crippen molar-refractivity contribution >= 4 is 0 Å². The van der Waals surface area contributed by atoms with E-state index in [1.54, 1.807) is 24.3 Å². The molecule has 1 heteroatoms. The molecule has 0 N–H and O–H groups in total. The van der Waals surface area contributed by atoms with Crippen LogP contribution in [0.2, 0.25) is 0 Å². The average Bonchev–Trinajstić information content (AvgIpc) is 2.31. The van der Waals surface area contributed by atoms with E-state index in [0.717, 1.165) is 5.57 Å². The van der Waals surface area contributed by atoms with E-state index >= 15 is 0 Å². The fraction of sp³-hybridized carbons (Fsp3) is 0. The lowest BCUT2D eigenvalue weighted by Crippen LogP contribution is -1.69. The SMILES string of the molecule is C=CC=CC(C=CC=C)=CC=CC=CC#N. The molecule has 0 aromatic rings. The highest BCUT2D eigenvalue weighted by Gasteiger charge is 1.80. The van der Waals surface area contributed by atoms with Crippen LogP contribution in [0.15, 0.2) is 85.6 Å². The van der Waals surface area contributed by atoms with E-state index in [2.05, 4.69) is 13.2 Å². The molecule has 0 saturated carbocycles. The van der Waals surface area contributed by atoms with Gasteiger partial charge in [0, 0.05) is 6.08 Å². The van der Waals surface area contributed by atoms with E-state index in [4.69, 9.17) is 5.26 Å². The molecule has 16 heavy (non-hydrogen) atoms. The monoisotopic (exact) mass is 209 g/mol. The van der Waals surface area contributed by atoms with Crippen LogP contribution < -0.4 is 0 Å². The number of rotatable bonds is 6. The lowest BCUT2D eigenvalue weighted by molar-refractivity contribution is 1.53. The van der Waals surface area contributed by atoms with E-state index in [-0.39, 0.29) is 0 Å². The van der Waals surface area contributed by atoms with Gasteiger partial charge in [0.2, 0.25) is 0 Å². The summed E-state index contributed by atoms with van der Waals surface area (Å²) in [5.41, 5.74) is 1.03. The molecule has 0 aliphatic heterocycles. The van der Waals surface area contributed by atoms with Gasteiger partial charge in [-0.1, -0.05) is 73.9 Å². The van der Waals surface area contributed by atoms with Crippen LogP contribution >= 0.6 is 0 Å². The maximum atomic E-state index is 8.28. The minimum atomic E-state index is 1.03. The highest BCUT2D eigenvalue weighted by molar-refractivity contribution is 5.36. The maximum absolute atomic E-state index is 8.28. The van der Waals surface area contributed by atoms with Crippen LogP contribution in [0.25, 0.3) is 0 Å². The molecule has 0 heterocycles. The van der Waals surface area contributed by atoms with Crippen molar-refractivity contribution in [3.63, 3.8) is 0 Å². The summed E-state index contributed by atoms with van der Waals surface area (Å²) in [5, 5.41) is 8.28. The highest BCUT2D eigenvalue weighted by atomic mass is 14.2. The number of allylic oxidation sites excluding steroid dienone is 12. The zero-order chi connectivity index (χ0) is 12.1. The third-order valence-corrected chi connectivity index (χ3v) is 1.53. The van der Waals surface area contributed by atoms with E-state index in [1.807, 2.05) is 42.5 Å². The van der Waals surface area contributed by atoms with Crippen molar-refractivity contribution in [3.8, 4) is 6.07 Å². The topological polar surface area (TPSA) is 23.8 Å². The fourth-order valence-corrected chi connectivity index (χ4v) is 0.854. The molecular weight excluding hydrogens is 194 g/mol. The Labute approximate surface area is 97.4 Å². The standard InChI is InChI=1S/C15H15N/c1-3-5-11-15(12-6-4-2)13-9-7-8-10-14-16/h3-13H,1-2H2. The van der Waals surface area contributed by atoms with Gasteiger partial charge in [0.1, 0.15) is 0 Å². The Hall–Kier alpha value is -2.33. The zero-order valence-corrected chi connectivity index (χ0v) is 9.21. The Bertz CT molecular complexity index is 376. The van der Waals surface area contributed by atoms with E-state index < -0.39 is 0 Å². The van der Waals surface area contributed by atoms with Gasteiger partial charge in [0.05, 0.1) is 6.07 Å². The number of nitriles is 1. The second-order valence-electron chi connectivity index (χ2n) is 2.73. The van der Waals surface area contributed by atoms with Crippen LogP contribution in [0.1, 0.15) is 0 Å². The average molecular weight is 209 g/mol. The fourth-order valence-electron chi connectivity index (χ4n) is 0.854. The zero-order valence-electron chi connectivity index (χ0n) is 9.21. The van der Waals surface area contributed by atoms with Crippen LogP contribution in [0.5, 0.6) is 0 Å². The van der Waals surface area contributed by atoms with Gasteiger partial charge in [-0.2, -0.15) is 5.26 Å². The summed E-state index contributed by atoms with van der Waals surface area (Å²) in [6.45, 7) is 7.22. The minimum Gasteiger partial charge on any atom is -0.193 e. The minimum absolute atomic E-state index is 1.03. The molecule has 0 unspecified atom stereocenters. The van der Waals surface area contributed by atoms with E-state index in [1.165, 1.54) is 6.08 Å². The first-order valence-electron chi connectivity index (χ1n) is 4.86. The molecule has 0 saturated heterocycles. The molecule has 0 fully saturated rings. The molecule has 80 valence electrons. The smallest absolute Gasteiger partial charge is 0.0912 e. The van der Waals surface area contributed by atoms with Crippen LogP contribution in [-0.2, 0) is 0 Å². The van der Waals surface area contributed by atoms with Gasteiger partial charge in [-0.15, -0.1) is 0 Å². The second-order valence-corrected chi connectivity index (χ2v) is 2.73. The van der Waals surface area contributed by atoms with Crippen LogP contribution in [0, 0.1) is 11.3 Å². The Morgan fingerprint density at radius 1 is 0.875 bits per heavy atom. The summed E-state index contributed by atoms with van der Waals surface area (Å²) < 4.78 is 0. The summed E-state index contributed by atoms with van der Waals surface area (Å²) in [7, 11) is 0. The van der Waals surface area contributed by atoms with Crippen molar-refractivity contribution in [1.82, 2.24) is 0 Å². The van der Waals surface area contributed by atoms with Gasteiger partial charge in [-0.05, 0) is 5.57 Å². The summed E-state index contributed by atoms with van der Waals surface area (Å²) in [6, 6.07) is 1.92. The Morgan fingerprint density at radius 3 is 2.00 bits per heavy atom. The predicted octanol–water partition coefficient (Wildman–Crippen LogP) is 4.03. The van der Waals surface area contributed by atoms with E-state index in [0.29, 0.717) is 0 Å². The molecule has 0 spiro atoms. The molecule has 0 aliphatic rings. The van der Waals surface area contributed by atoms with Crippen molar-refractivity contribution in [2.24, 2.45) is 0 Å².